The van der Waals surface area contributed by atoms with Crippen molar-refractivity contribution in [1.29, 1.82) is 5.26 Å². The molecule has 2 aromatic carbocycles. The number of aromatic nitrogens is 1. The summed E-state index contributed by atoms with van der Waals surface area (Å²) in [6, 6.07) is 19.3. The predicted molar refractivity (Wildman–Crippen MR) is 116 cm³/mol. The van der Waals surface area contributed by atoms with Crippen LogP contribution in [0.2, 0.25) is 0 Å². The summed E-state index contributed by atoms with van der Waals surface area (Å²) in [5.41, 5.74) is 2.31. The van der Waals surface area contributed by atoms with Crippen molar-refractivity contribution in [2.45, 2.75) is 6.92 Å². The van der Waals surface area contributed by atoms with E-state index in [1.54, 1.807) is 4.90 Å². The van der Waals surface area contributed by atoms with Crippen LogP contribution in [-0.4, -0.2) is 43.7 Å². The number of rotatable bonds is 4. The minimum absolute atomic E-state index is 0.104. The number of amides is 2. The van der Waals surface area contributed by atoms with Gasteiger partial charge in [-0.1, -0.05) is 18.2 Å². The minimum Gasteiger partial charge on any atom is -0.494 e. The van der Waals surface area contributed by atoms with E-state index in [1.807, 2.05) is 61.5 Å². The van der Waals surface area contributed by atoms with Crippen LogP contribution < -0.4 is 19.9 Å². The molecule has 0 bridgehead atoms. The number of piperazine rings is 1. The van der Waals surface area contributed by atoms with Crippen LogP contribution in [0.4, 0.5) is 16.3 Å². The first kappa shape index (κ1) is 19.5. The van der Waals surface area contributed by atoms with Gasteiger partial charge in [0.25, 0.3) is 5.82 Å². The number of ether oxygens (including phenoxy) is 1. The summed E-state index contributed by atoms with van der Waals surface area (Å²) >= 11 is 0. The van der Waals surface area contributed by atoms with Crippen molar-refractivity contribution in [2.75, 3.05) is 43.0 Å². The zero-order valence-corrected chi connectivity index (χ0v) is 16.9. The molecule has 3 aromatic rings. The molecular formula is C23H24N5O2+. The number of carbonyl (C=O) groups excluding carboxylic acids is 1. The lowest BCUT2D eigenvalue weighted by atomic mass is 10.1. The number of urea groups is 1. The first-order chi connectivity index (χ1) is 14.7. The van der Waals surface area contributed by atoms with Crippen molar-refractivity contribution in [1.82, 2.24) is 4.90 Å². The summed E-state index contributed by atoms with van der Waals surface area (Å²) in [7, 11) is 0. The Bertz CT molecular complexity index is 1090. The fourth-order valence-electron chi connectivity index (χ4n) is 3.64. The maximum Gasteiger partial charge on any atom is 0.322 e. The van der Waals surface area contributed by atoms with Gasteiger partial charge in [0, 0.05) is 11.1 Å². The van der Waals surface area contributed by atoms with Gasteiger partial charge in [-0.25, -0.2) is 9.78 Å². The second kappa shape index (κ2) is 8.70. The van der Waals surface area contributed by atoms with E-state index in [9.17, 15) is 10.1 Å². The number of aromatic amines is 1. The second-order valence-corrected chi connectivity index (χ2v) is 7.10. The Morgan fingerprint density at radius 3 is 2.60 bits per heavy atom. The Hall–Kier alpha value is -3.79. The van der Waals surface area contributed by atoms with Crippen LogP contribution in [-0.2, 0) is 0 Å². The van der Waals surface area contributed by atoms with Crippen LogP contribution in [0.3, 0.4) is 0 Å². The van der Waals surface area contributed by atoms with Crippen LogP contribution in [0.1, 0.15) is 12.5 Å². The highest BCUT2D eigenvalue weighted by molar-refractivity contribution is 5.89. The van der Waals surface area contributed by atoms with Crippen molar-refractivity contribution < 1.29 is 14.5 Å². The average molecular weight is 402 g/mol. The van der Waals surface area contributed by atoms with Crippen LogP contribution in [0, 0.1) is 11.3 Å². The smallest absolute Gasteiger partial charge is 0.322 e. The van der Waals surface area contributed by atoms with Gasteiger partial charge in [0.2, 0.25) is 0 Å². The van der Waals surface area contributed by atoms with Gasteiger partial charge in [0.15, 0.2) is 0 Å². The Balaban J connectivity index is 1.48. The third-order valence-electron chi connectivity index (χ3n) is 5.17. The van der Waals surface area contributed by atoms with Crippen LogP contribution in [0.15, 0.2) is 54.6 Å². The highest BCUT2D eigenvalue weighted by Gasteiger charge is 2.29. The molecule has 4 rings (SSSR count). The Kier molecular flexibility index (Phi) is 5.66. The summed E-state index contributed by atoms with van der Waals surface area (Å²) in [5, 5.41) is 13.5. The fraction of sp³-hybridized carbons (Fsp3) is 0.261. The van der Waals surface area contributed by atoms with E-state index in [4.69, 9.17) is 4.74 Å². The molecule has 0 unspecified atom stereocenters. The number of pyridine rings is 1. The van der Waals surface area contributed by atoms with E-state index in [2.05, 4.69) is 21.3 Å². The third kappa shape index (κ3) is 4.13. The molecule has 7 heteroatoms. The fourth-order valence-corrected chi connectivity index (χ4v) is 3.64. The third-order valence-corrected chi connectivity index (χ3v) is 5.17. The van der Waals surface area contributed by atoms with Gasteiger partial charge < -0.3 is 15.0 Å². The van der Waals surface area contributed by atoms with E-state index in [1.165, 1.54) is 0 Å². The number of nitriles is 1. The monoisotopic (exact) mass is 402 g/mol. The summed E-state index contributed by atoms with van der Waals surface area (Å²) in [6.45, 7) is 5.00. The molecule has 0 spiro atoms. The molecular weight excluding hydrogens is 378 g/mol. The van der Waals surface area contributed by atoms with Crippen molar-refractivity contribution in [3.8, 4) is 11.8 Å². The van der Waals surface area contributed by atoms with Gasteiger partial charge in [-0.05, 0) is 43.3 Å². The molecule has 0 atom stereocenters. The van der Waals surface area contributed by atoms with Crippen molar-refractivity contribution in [2.24, 2.45) is 0 Å². The lowest BCUT2D eigenvalue weighted by Gasteiger charge is -2.31. The molecule has 2 amide bonds. The number of para-hydroxylation sites is 1. The van der Waals surface area contributed by atoms with Gasteiger partial charge >= 0.3 is 6.03 Å². The number of fused-ring (bicyclic) bond motifs is 1. The highest BCUT2D eigenvalue weighted by Crippen LogP contribution is 2.24. The molecule has 30 heavy (non-hydrogen) atoms. The van der Waals surface area contributed by atoms with Crippen molar-refractivity contribution >= 4 is 28.4 Å². The topological polar surface area (TPSA) is 82.7 Å². The molecule has 1 fully saturated rings. The number of H-pyrrole nitrogens is 1. The van der Waals surface area contributed by atoms with Crippen LogP contribution >= 0.6 is 0 Å². The Labute approximate surface area is 175 Å². The summed E-state index contributed by atoms with van der Waals surface area (Å²) in [5.74, 6) is 1.57. The lowest BCUT2D eigenvalue weighted by molar-refractivity contribution is -0.331. The van der Waals surface area contributed by atoms with E-state index in [0.29, 0.717) is 38.3 Å². The van der Waals surface area contributed by atoms with Gasteiger partial charge in [-0.3, -0.25) is 4.90 Å². The molecule has 1 aliphatic heterocycles. The lowest BCUT2D eigenvalue weighted by Crippen LogP contribution is -2.51. The number of anilines is 2. The molecule has 1 aliphatic rings. The molecule has 7 nitrogen and oxygen atoms in total. The summed E-state index contributed by atoms with van der Waals surface area (Å²) in [4.78, 5) is 19.8. The second-order valence-electron chi connectivity index (χ2n) is 7.10. The normalized spacial score (nSPS) is 13.7. The predicted octanol–water partition coefficient (Wildman–Crippen LogP) is 3.28. The molecule has 1 aromatic heterocycles. The highest BCUT2D eigenvalue weighted by atomic mass is 16.5. The number of hydrogen-bond donors (Lipinski definition) is 1. The quantitative estimate of drug-likeness (QED) is 0.726. The van der Waals surface area contributed by atoms with Crippen molar-refractivity contribution in [3.05, 3.63) is 60.2 Å². The first-order valence-corrected chi connectivity index (χ1v) is 10.1. The molecule has 0 saturated carbocycles. The largest absolute Gasteiger partial charge is 0.494 e. The van der Waals surface area contributed by atoms with Gasteiger partial charge in [0.1, 0.15) is 36.0 Å². The molecule has 0 radical (unpaired) electrons. The number of benzene rings is 2. The van der Waals surface area contributed by atoms with Crippen LogP contribution in [0.5, 0.6) is 5.75 Å². The Morgan fingerprint density at radius 2 is 1.90 bits per heavy atom. The number of carbonyl (C=O) groups is 1. The summed E-state index contributed by atoms with van der Waals surface area (Å²) in [6.07, 6.45) is 0. The molecule has 152 valence electrons. The maximum atomic E-state index is 12.5. The molecule has 1 saturated heterocycles. The van der Waals surface area contributed by atoms with E-state index < -0.39 is 0 Å². The number of nitrogens with zero attached hydrogens (tertiary/aromatic N) is 3. The van der Waals surface area contributed by atoms with E-state index >= 15 is 0 Å². The number of nitrogens with one attached hydrogen (secondary N) is 2. The van der Waals surface area contributed by atoms with Gasteiger partial charge in [0.05, 0.1) is 19.7 Å². The zero-order chi connectivity index (χ0) is 20.9. The molecule has 2 N–H and O–H groups in total. The molecule has 0 aliphatic carbocycles. The average Bonchev–Trinajstić information content (AvgIpc) is 2.79. The van der Waals surface area contributed by atoms with E-state index in [-0.39, 0.29) is 6.03 Å². The van der Waals surface area contributed by atoms with Gasteiger partial charge in [-0.15, -0.1) is 0 Å². The van der Waals surface area contributed by atoms with Crippen molar-refractivity contribution in [3.63, 3.8) is 0 Å². The standard InChI is InChI=1S/C23H23N5O2/c1-2-30-20-8-9-21-17(15-20)14-18(16-24)22(26-21)27-10-12-28(13-11-27)23(29)25-19-6-4-3-5-7-19/h3-9,14-15H,2,10-13H2,1H3,(H,25,29)/p+1. The first-order valence-electron chi connectivity index (χ1n) is 10.1. The zero-order valence-electron chi connectivity index (χ0n) is 16.9. The molecule has 2 heterocycles. The van der Waals surface area contributed by atoms with E-state index in [0.717, 1.165) is 28.2 Å². The van der Waals surface area contributed by atoms with Crippen LogP contribution in [0.25, 0.3) is 10.9 Å². The Morgan fingerprint density at radius 1 is 1.13 bits per heavy atom. The number of hydrogen-bond acceptors (Lipinski definition) is 4. The summed E-state index contributed by atoms with van der Waals surface area (Å²) < 4.78 is 5.56. The SMILES string of the molecule is CCOc1ccc2[nH+]c(N3CCN(C(=O)Nc4ccccc4)CC3)c(C#N)cc2c1. The van der Waals surface area contributed by atoms with Gasteiger partial charge in [-0.2, -0.15) is 5.26 Å². The maximum absolute atomic E-state index is 12.5. The minimum atomic E-state index is -0.104.